The fraction of sp³-hybridized carbons (Fsp3) is 0.429. The maximum atomic E-state index is 5.82. The molecular weight excluding hydrogens is 361 g/mol. The predicted octanol–water partition coefficient (Wildman–Crippen LogP) is 3.20. The Bertz CT molecular complexity index is 743. The average Bonchev–Trinajstić information content (AvgIpc) is 2.65. The Hall–Kier alpha value is -1.81. The summed E-state index contributed by atoms with van der Waals surface area (Å²) >= 11 is 0. The van der Waals surface area contributed by atoms with Gasteiger partial charge in [-0.3, -0.25) is 0 Å². The van der Waals surface area contributed by atoms with Crippen molar-refractivity contribution >= 4 is 19.2 Å². The molecule has 0 aliphatic carbocycles. The molecule has 1 N–H and O–H groups in total. The Morgan fingerprint density at radius 2 is 1.70 bits per heavy atom. The molecule has 0 radical (unpaired) electrons. The summed E-state index contributed by atoms with van der Waals surface area (Å²) < 4.78 is 21.9. The second-order valence-corrected chi connectivity index (χ2v) is 8.47. The van der Waals surface area contributed by atoms with Crippen molar-refractivity contribution in [2.75, 3.05) is 28.1 Å². The van der Waals surface area contributed by atoms with Gasteiger partial charge in [0.1, 0.15) is 5.75 Å². The van der Waals surface area contributed by atoms with Gasteiger partial charge in [0.15, 0.2) is 18.3 Å². The Morgan fingerprint density at radius 1 is 0.963 bits per heavy atom. The molecule has 6 heteroatoms. The smallest absolute Gasteiger partial charge is 0.188 e. The summed E-state index contributed by atoms with van der Waals surface area (Å²) in [6.07, 6.45) is 0. The van der Waals surface area contributed by atoms with Gasteiger partial charge in [0.05, 0.1) is 14.2 Å². The molecular formula is C21H30NO4P. The lowest BCUT2D eigenvalue weighted by atomic mass is 10.1. The third-order valence-electron chi connectivity index (χ3n) is 3.90. The lowest BCUT2D eigenvalue weighted by molar-refractivity contribution is 0.0499. The Morgan fingerprint density at radius 3 is 2.33 bits per heavy atom. The second kappa shape index (κ2) is 9.93. The standard InChI is InChI=1S/C21H30NO4P/c1-21(2,3)22-13-15-9-7-8-10-18(15)27-19-12-16(24-5)11-17(25-6)20(19)26-14-23-4/h7-12,22,27H,13-14H2,1-6H3. The van der Waals surface area contributed by atoms with Crippen LogP contribution in [-0.2, 0) is 11.3 Å². The van der Waals surface area contributed by atoms with Crippen LogP contribution in [-0.4, -0.2) is 33.7 Å². The van der Waals surface area contributed by atoms with Gasteiger partial charge in [-0.2, -0.15) is 0 Å². The third kappa shape index (κ3) is 6.39. The topological polar surface area (TPSA) is 49.0 Å². The Balaban J connectivity index is 2.38. The molecule has 0 aromatic heterocycles. The fourth-order valence-electron chi connectivity index (χ4n) is 2.51. The van der Waals surface area contributed by atoms with Gasteiger partial charge in [-0.25, -0.2) is 0 Å². The first-order chi connectivity index (χ1) is 12.9. The highest BCUT2D eigenvalue weighted by molar-refractivity contribution is 7.55. The van der Waals surface area contributed by atoms with Crippen LogP contribution >= 0.6 is 8.58 Å². The van der Waals surface area contributed by atoms with Gasteiger partial charge >= 0.3 is 0 Å². The number of hydrogen-bond acceptors (Lipinski definition) is 5. The van der Waals surface area contributed by atoms with Crippen molar-refractivity contribution in [2.24, 2.45) is 0 Å². The highest BCUT2D eigenvalue weighted by atomic mass is 31.1. The van der Waals surface area contributed by atoms with E-state index in [9.17, 15) is 0 Å². The molecule has 5 nitrogen and oxygen atoms in total. The van der Waals surface area contributed by atoms with Crippen molar-refractivity contribution < 1.29 is 18.9 Å². The SMILES string of the molecule is COCOc1c(OC)cc(OC)cc1Pc1ccccc1CNC(C)(C)C. The minimum absolute atomic E-state index is 0.0577. The summed E-state index contributed by atoms with van der Waals surface area (Å²) in [5.74, 6) is 2.07. The zero-order valence-corrected chi connectivity index (χ0v) is 18.0. The maximum Gasteiger partial charge on any atom is 0.188 e. The summed E-state index contributed by atoms with van der Waals surface area (Å²) in [5, 5.41) is 5.84. The molecule has 0 saturated carbocycles. The van der Waals surface area contributed by atoms with Crippen LogP contribution in [0.4, 0.5) is 0 Å². The number of hydrogen-bond donors (Lipinski definition) is 1. The highest BCUT2D eigenvalue weighted by Crippen LogP contribution is 2.34. The molecule has 0 saturated heterocycles. The third-order valence-corrected chi connectivity index (χ3v) is 5.30. The van der Waals surface area contributed by atoms with E-state index in [1.165, 1.54) is 10.9 Å². The van der Waals surface area contributed by atoms with Crippen molar-refractivity contribution in [3.63, 3.8) is 0 Å². The van der Waals surface area contributed by atoms with Crippen LogP contribution in [0.5, 0.6) is 17.2 Å². The first kappa shape index (κ1) is 21.5. The molecule has 0 bridgehead atoms. The minimum atomic E-state index is 0.0577. The molecule has 27 heavy (non-hydrogen) atoms. The lowest BCUT2D eigenvalue weighted by Gasteiger charge is -2.22. The van der Waals surface area contributed by atoms with Gasteiger partial charge in [0, 0.05) is 30.6 Å². The molecule has 1 unspecified atom stereocenters. The van der Waals surface area contributed by atoms with Crippen molar-refractivity contribution in [1.82, 2.24) is 5.32 Å². The summed E-state index contributed by atoms with van der Waals surface area (Å²) in [5.41, 5.74) is 1.33. The summed E-state index contributed by atoms with van der Waals surface area (Å²) in [7, 11) is 5.28. The van der Waals surface area contributed by atoms with Crippen molar-refractivity contribution in [3.05, 3.63) is 42.0 Å². The van der Waals surface area contributed by atoms with Crippen molar-refractivity contribution in [2.45, 2.75) is 32.9 Å². The van der Waals surface area contributed by atoms with Crippen LogP contribution in [0.3, 0.4) is 0 Å². The lowest BCUT2D eigenvalue weighted by Crippen LogP contribution is -2.36. The van der Waals surface area contributed by atoms with E-state index in [0.29, 0.717) is 20.1 Å². The number of nitrogens with one attached hydrogen (secondary N) is 1. The molecule has 2 aromatic carbocycles. The van der Waals surface area contributed by atoms with E-state index in [1.807, 2.05) is 12.1 Å². The molecule has 148 valence electrons. The minimum Gasteiger partial charge on any atom is -0.497 e. The molecule has 0 amide bonds. The molecule has 1 atom stereocenters. The largest absolute Gasteiger partial charge is 0.497 e. The summed E-state index contributed by atoms with van der Waals surface area (Å²) in [6.45, 7) is 7.47. The zero-order chi connectivity index (χ0) is 19.9. The molecule has 0 aliphatic rings. The molecule has 2 aromatic rings. The van der Waals surface area contributed by atoms with E-state index in [1.54, 1.807) is 21.3 Å². The van der Waals surface area contributed by atoms with Gasteiger partial charge in [0.2, 0.25) is 0 Å². The van der Waals surface area contributed by atoms with E-state index < -0.39 is 0 Å². The molecule has 0 aliphatic heterocycles. The molecule has 0 spiro atoms. The van der Waals surface area contributed by atoms with E-state index >= 15 is 0 Å². The molecule has 2 rings (SSSR count). The number of methoxy groups -OCH3 is 3. The highest BCUT2D eigenvalue weighted by Gasteiger charge is 2.17. The van der Waals surface area contributed by atoms with Crippen LogP contribution in [0.1, 0.15) is 26.3 Å². The van der Waals surface area contributed by atoms with E-state index in [2.05, 4.69) is 50.4 Å². The number of ether oxygens (including phenoxy) is 4. The van der Waals surface area contributed by atoms with Crippen LogP contribution in [0.15, 0.2) is 36.4 Å². The van der Waals surface area contributed by atoms with Gasteiger partial charge in [-0.05, 0) is 37.7 Å². The normalized spacial score (nSPS) is 11.8. The van der Waals surface area contributed by atoms with E-state index in [4.69, 9.17) is 18.9 Å². The van der Waals surface area contributed by atoms with Gasteiger partial charge in [-0.1, -0.05) is 32.8 Å². The first-order valence-corrected chi connectivity index (χ1v) is 9.85. The maximum absolute atomic E-state index is 5.82. The Kier molecular flexibility index (Phi) is 7.91. The van der Waals surface area contributed by atoms with Crippen molar-refractivity contribution in [3.8, 4) is 17.2 Å². The average molecular weight is 391 g/mol. The monoisotopic (exact) mass is 391 g/mol. The van der Waals surface area contributed by atoms with Crippen LogP contribution in [0.25, 0.3) is 0 Å². The van der Waals surface area contributed by atoms with E-state index in [-0.39, 0.29) is 12.3 Å². The van der Waals surface area contributed by atoms with Gasteiger partial charge in [-0.15, -0.1) is 0 Å². The molecule has 0 fully saturated rings. The quantitative estimate of drug-likeness (QED) is 0.526. The van der Waals surface area contributed by atoms with E-state index in [0.717, 1.165) is 17.6 Å². The number of benzene rings is 2. The van der Waals surface area contributed by atoms with Crippen molar-refractivity contribution in [1.29, 1.82) is 0 Å². The second-order valence-electron chi connectivity index (χ2n) is 7.14. The van der Waals surface area contributed by atoms with Crippen LogP contribution in [0, 0.1) is 0 Å². The first-order valence-electron chi connectivity index (χ1n) is 8.85. The van der Waals surface area contributed by atoms with Gasteiger partial charge < -0.3 is 24.3 Å². The predicted molar refractivity (Wildman–Crippen MR) is 113 cm³/mol. The fourth-order valence-corrected chi connectivity index (χ4v) is 3.83. The zero-order valence-electron chi connectivity index (χ0n) is 17.0. The molecule has 0 heterocycles. The Labute approximate surface area is 164 Å². The van der Waals surface area contributed by atoms with Crippen LogP contribution < -0.4 is 30.1 Å². The van der Waals surface area contributed by atoms with Gasteiger partial charge in [0.25, 0.3) is 0 Å². The summed E-state index contributed by atoms with van der Waals surface area (Å²) in [4.78, 5) is 0. The summed E-state index contributed by atoms with van der Waals surface area (Å²) in [6, 6.07) is 12.3. The number of rotatable bonds is 9. The van der Waals surface area contributed by atoms with Crippen LogP contribution in [0.2, 0.25) is 0 Å².